The summed E-state index contributed by atoms with van der Waals surface area (Å²) in [6.45, 7) is 12.0. The molecule has 0 fully saturated rings. The second-order valence-electron chi connectivity index (χ2n) is 6.47. The summed E-state index contributed by atoms with van der Waals surface area (Å²) in [7, 11) is 2.68. The van der Waals surface area contributed by atoms with Crippen LogP contribution in [0, 0.1) is 0 Å². The van der Waals surface area contributed by atoms with Crippen LogP contribution in [0.5, 0.6) is 0 Å². The van der Waals surface area contributed by atoms with Crippen LogP contribution in [0.4, 0.5) is 0 Å². The van der Waals surface area contributed by atoms with Crippen molar-refractivity contribution in [3.8, 4) is 0 Å². The molecule has 0 aromatic carbocycles. The molecule has 0 saturated heterocycles. The maximum Gasteiger partial charge on any atom is 0.344 e. The fourth-order valence-corrected chi connectivity index (χ4v) is 3.22. The largest absolute Gasteiger partial charge is 0.465 e. The molecule has 0 amide bonds. The molecule has 0 heterocycles. The number of allylic oxidation sites excluding steroid dienone is 2. The molecule has 0 aliphatic carbocycles. The molecular weight excluding hydrogens is 320 g/mol. The van der Waals surface area contributed by atoms with E-state index < -0.39 is 11.9 Å². The molecule has 4 nitrogen and oxygen atoms in total. The standard InChI is InChI=1S/C16H26O4S2/c1-15(2,3)21-11(13(17)19-7)9-10-12(14(18)20-8)22-16(4,5)6/h9-10H,1-8H3/b11-9-,12-10-. The Labute approximate surface area is 142 Å². The highest BCUT2D eigenvalue weighted by Crippen LogP contribution is 2.34. The summed E-state index contributed by atoms with van der Waals surface area (Å²) in [6, 6.07) is 0. The van der Waals surface area contributed by atoms with Crippen molar-refractivity contribution in [2.45, 2.75) is 51.0 Å². The van der Waals surface area contributed by atoms with Crippen molar-refractivity contribution < 1.29 is 19.1 Å². The Morgan fingerprint density at radius 1 is 0.727 bits per heavy atom. The molecule has 22 heavy (non-hydrogen) atoms. The number of carbonyl (C=O) groups is 2. The first-order valence-corrected chi connectivity index (χ1v) is 8.49. The topological polar surface area (TPSA) is 52.6 Å². The molecule has 0 unspecified atom stereocenters. The summed E-state index contributed by atoms with van der Waals surface area (Å²) in [6.07, 6.45) is 3.24. The van der Waals surface area contributed by atoms with Gasteiger partial charge >= 0.3 is 11.9 Å². The Bertz CT molecular complexity index is 422. The summed E-state index contributed by atoms with van der Waals surface area (Å²) in [5.41, 5.74) is 0. The highest BCUT2D eigenvalue weighted by Gasteiger charge is 2.22. The molecule has 0 aromatic rings. The average molecular weight is 347 g/mol. The van der Waals surface area contributed by atoms with Gasteiger partial charge in [-0.25, -0.2) is 9.59 Å². The second kappa shape index (κ2) is 8.67. The lowest BCUT2D eigenvalue weighted by atomic mass is 10.3. The third-order valence-corrected chi connectivity index (χ3v) is 4.26. The van der Waals surface area contributed by atoms with Crippen LogP contribution in [0.2, 0.25) is 0 Å². The number of rotatable bonds is 5. The lowest BCUT2D eigenvalue weighted by Crippen LogP contribution is -2.13. The zero-order chi connectivity index (χ0) is 17.6. The molecule has 0 aromatic heterocycles. The summed E-state index contributed by atoms with van der Waals surface area (Å²) < 4.78 is 9.31. The molecule has 0 saturated carbocycles. The van der Waals surface area contributed by atoms with Gasteiger partial charge in [0.2, 0.25) is 0 Å². The van der Waals surface area contributed by atoms with E-state index in [1.165, 1.54) is 37.7 Å². The fourth-order valence-electron chi connectivity index (χ4n) is 1.30. The van der Waals surface area contributed by atoms with Gasteiger partial charge in [0.1, 0.15) is 0 Å². The number of hydrogen-bond acceptors (Lipinski definition) is 6. The lowest BCUT2D eigenvalue weighted by Gasteiger charge is -2.19. The van der Waals surface area contributed by atoms with Crippen molar-refractivity contribution in [1.82, 2.24) is 0 Å². The van der Waals surface area contributed by atoms with Gasteiger partial charge < -0.3 is 9.47 Å². The van der Waals surface area contributed by atoms with Crippen LogP contribution in [0.25, 0.3) is 0 Å². The quantitative estimate of drug-likeness (QED) is 0.423. The van der Waals surface area contributed by atoms with Gasteiger partial charge in [-0.2, -0.15) is 0 Å². The van der Waals surface area contributed by atoms with E-state index in [9.17, 15) is 9.59 Å². The van der Waals surface area contributed by atoms with E-state index in [-0.39, 0.29) is 9.49 Å². The van der Waals surface area contributed by atoms with Crippen molar-refractivity contribution in [3.63, 3.8) is 0 Å². The highest BCUT2D eigenvalue weighted by molar-refractivity contribution is 8.05. The minimum absolute atomic E-state index is 0.142. The Morgan fingerprint density at radius 3 is 1.18 bits per heavy atom. The SMILES string of the molecule is COC(=O)/C(=C/C=C(\SC(C)(C)C)C(=O)OC)SC(C)(C)C. The van der Waals surface area contributed by atoms with E-state index in [1.807, 2.05) is 41.5 Å². The smallest absolute Gasteiger partial charge is 0.344 e. The number of carbonyl (C=O) groups excluding carboxylic acids is 2. The van der Waals surface area contributed by atoms with Crippen molar-refractivity contribution >= 4 is 35.5 Å². The molecule has 0 atom stereocenters. The molecule has 0 rings (SSSR count). The number of hydrogen-bond donors (Lipinski definition) is 0. The van der Waals surface area contributed by atoms with Crippen molar-refractivity contribution in [2.24, 2.45) is 0 Å². The molecule has 126 valence electrons. The van der Waals surface area contributed by atoms with Crippen LogP contribution < -0.4 is 0 Å². The van der Waals surface area contributed by atoms with E-state index in [4.69, 9.17) is 9.47 Å². The predicted molar refractivity (Wildman–Crippen MR) is 94.9 cm³/mol. The van der Waals surface area contributed by atoms with Crippen molar-refractivity contribution in [3.05, 3.63) is 22.0 Å². The summed E-state index contributed by atoms with van der Waals surface area (Å²) in [5.74, 6) is -0.831. The molecular formula is C16H26O4S2. The Balaban J connectivity index is 5.57. The van der Waals surface area contributed by atoms with Gasteiger partial charge in [-0.05, 0) is 12.2 Å². The van der Waals surface area contributed by atoms with Crippen LogP contribution in [-0.2, 0) is 19.1 Å². The Hall–Kier alpha value is -0.880. The fraction of sp³-hybridized carbons (Fsp3) is 0.625. The number of thioether (sulfide) groups is 2. The monoisotopic (exact) mass is 346 g/mol. The number of methoxy groups -OCH3 is 2. The lowest BCUT2D eigenvalue weighted by molar-refractivity contribution is -0.136. The van der Waals surface area contributed by atoms with Gasteiger partial charge in [-0.1, -0.05) is 41.5 Å². The van der Waals surface area contributed by atoms with Crippen LogP contribution in [-0.4, -0.2) is 35.7 Å². The van der Waals surface area contributed by atoms with Gasteiger partial charge in [0, 0.05) is 9.49 Å². The minimum Gasteiger partial charge on any atom is -0.465 e. The maximum atomic E-state index is 11.9. The van der Waals surface area contributed by atoms with E-state index in [2.05, 4.69) is 0 Å². The molecule has 0 N–H and O–H groups in total. The first-order valence-electron chi connectivity index (χ1n) is 6.86. The van der Waals surface area contributed by atoms with Crippen LogP contribution in [0.1, 0.15) is 41.5 Å². The molecule has 0 radical (unpaired) electrons. The molecule has 6 heteroatoms. The van der Waals surface area contributed by atoms with Gasteiger partial charge in [0.15, 0.2) is 0 Å². The normalized spacial score (nSPS) is 13.8. The first-order chi connectivity index (χ1) is 9.89. The zero-order valence-corrected chi connectivity index (χ0v) is 16.2. The van der Waals surface area contributed by atoms with E-state index in [0.717, 1.165) is 0 Å². The number of esters is 2. The van der Waals surface area contributed by atoms with Crippen LogP contribution in [0.15, 0.2) is 22.0 Å². The third kappa shape index (κ3) is 9.20. The van der Waals surface area contributed by atoms with Crippen molar-refractivity contribution in [2.75, 3.05) is 14.2 Å². The van der Waals surface area contributed by atoms with Gasteiger partial charge in [-0.15, -0.1) is 23.5 Å². The van der Waals surface area contributed by atoms with Gasteiger partial charge in [0.05, 0.1) is 24.0 Å². The predicted octanol–water partition coefficient (Wildman–Crippen LogP) is 4.16. The number of ether oxygens (including phenoxy) is 2. The first kappa shape index (κ1) is 21.1. The van der Waals surface area contributed by atoms with E-state index in [1.54, 1.807) is 12.2 Å². The summed E-state index contributed by atoms with van der Waals surface area (Å²) in [5, 5.41) is 0. The second-order valence-corrected chi connectivity index (χ2v) is 10.2. The summed E-state index contributed by atoms with van der Waals surface area (Å²) >= 11 is 2.79. The molecule has 0 spiro atoms. The van der Waals surface area contributed by atoms with Gasteiger partial charge in [0.25, 0.3) is 0 Å². The summed E-state index contributed by atoms with van der Waals surface area (Å²) in [4.78, 5) is 24.6. The average Bonchev–Trinajstić information content (AvgIpc) is 2.37. The highest BCUT2D eigenvalue weighted by atomic mass is 32.2. The minimum atomic E-state index is -0.416. The molecule has 0 bridgehead atoms. The third-order valence-electron chi connectivity index (χ3n) is 1.99. The van der Waals surface area contributed by atoms with Crippen LogP contribution in [0.3, 0.4) is 0 Å². The zero-order valence-electron chi connectivity index (χ0n) is 14.6. The molecule has 0 aliphatic rings. The van der Waals surface area contributed by atoms with Gasteiger partial charge in [-0.3, -0.25) is 0 Å². The molecule has 0 aliphatic heterocycles. The Morgan fingerprint density at radius 2 is 1.00 bits per heavy atom. The van der Waals surface area contributed by atoms with Crippen LogP contribution >= 0.6 is 23.5 Å². The van der Waals surface area contributed by atoms with Crippen molar-refractivity contribution in [1.29, 1.82) is 0 Å². The van der Waals surface area contributed by atoms with E-state index in [0.29, 0.717) is 9.81 Å². The Kier molecular flexibility index (Phi) is 8.33. The van der Waals surface area contributed by atoms with E-state index >= 15 is 0 Å². The maximum absolute atomic E-state index is 11.9.